The van der Waals surface area contributed by atoms with Crippen molar-refractivity contribution in [3.05, 3.63) is 61.9 Å². The summed E-state index contributed by atoms with van der Waals surface area (Å²) < 4.78 is 25.8. The van der Waals surface area contributed by atoms with Crippen LogP contribution in [0.25, 0.3) is 0 Å². The Balaban J connectivity index is 1.98. The number of nitrogens with one attached hydrogen (secondary N) is 2. The fourth-order valence-electron chi connectivity index (χ4n) is 2.95. The van der Waals surface area contributed by atoms with Gasteiger partial charge in [-0.15, -0.1) is 0 Å². The van der Waals surface area contributed by atoms with E-state index in [0.29, 0.717) is 16.6 Å². The highest BCUT2D eigenvalue weighted by molar-refractivity contribution is 7.89. The number of sulfonamides is 1. The zero-order valence-electron chi connectivity index (χ0n) is 17.3. The maximum absolute atomic E-state index is 12.6. The van der Waals surface area contributed by atoms with Gasteiger partial charge in [0.05, 0.1) is 35.8 Å². The predicted molar refractivity (Wildman–Crippen MR) is 118 cm³/mol. The van der Waals surface area contributed by atoms with E-state index in [-0.39, 0.29) is 22.1 Å². The van der Waals surface area contributed by atoms with Gasteiger partial charge in [-0.05, 0) is 18.6 Å². The SMILES string of the molecule is CC[C@H](Nc1c(Nc2ccc(Cl)c(S(=O)(=O)N(C)OC)c2O)c(=O)c1=O)c1cnccn1. The zero-order valence-corrected chi connectivity index (χ0v) is 18.9. The third-order valence-corrected chi connectivity index (χ3v) is 6.96. The van der Waals surface area contributed by atoms with Crippen LogP contribution in [-0.2, 0) is 14.9 Å². The van der Waals surface area contributed by atoms with Crippen LogP contribution in [-0.4, -0.2) is 42.1 Å². The maximum atomic E-state index is 12.6. The first-order valence-electron chi connectivity index (χ1n) is 9.30. The standard InChI is InChI=1S/C19H20ClN5O6S/c1-4-11(13-9-21-7-8-22-13)23-14-15(18(28)17(14)27)24-12-6-5-10(20)19(16(12)26)32(29,30)25(2)31-3/h5-9,11,23-24,26H,4H2,1-3H3/t11-/m0/s1. The third kappa shape index (κ3) is 4.17. The molecule has 0 saturated carbocycles. The summed E-state index contributed by atoms with van der Waals surface area (Å²) in [5.41, 5.74) is -1.29. The fraction of sp³-hybridized carbons (Fsp3) is 0.263. The Labute approximate surface area is 188 Å². The summed E-state index contributed by atoms with van der Waals surface area (Å²) in [6, 6.07) is 2.11. The number of hydrogen-bond acceptors (Lipinski definition) is 10. The molecule has 3 aromatic rings. The number of aromatic nitrogens is 2. The summed E-state index contributed by atoms with van der Waals surface area (Å²) in [5, 5.41) is 15.9. The largest absolute Gasteiger partial charge is 0.504 e. The van der Waals surface area contributed by atoms with E-state index in [1.54, 1.807) is 0 Å². The van der Waals surface area contributed by atoms with Gasteiger partial charge in [-0.1, -0.05) is 23.0 Å². The highest BCUT2D eigenvalue weighted by Gasteiger charge is 2.31. The molecule has 1 aromatic heterocycles. The Morgan fingerprint density at radius 2 is 1.91 bits per heavy atom. The van der Waals surface area contributed by atoms with E-state index < -0.39 is 37.6 Å². The van der Waals surface area contributed by atoms with Gasteiger partial charge in [0.25, 0.3) is 20.9 Å². The summed E-state index contributed by atoms with van der Waals surface area (Å²) >= 11 is 6.00. The van der Waals surface area contributed by atoms with Crippen molar-refractivity contribution in [1.29, 1.82) is 0 Å². The quantitative estimate of drug-likeness (QED) is 0.235. The molecule has 0 aliphatic carbocycles. The summed E-state index contributed by atoms with van der Waals surface area (Å²) in [5.74, 6) is -0.735. The van der Waals surface area contributed by atoms with Crippen molar-refractivity contribution in [1.82, 2.24) is 14.4 Å². The van der Waals surface area contributed by atoms with Gasteiger partial charge in [-0.3, -0.25) is 24.4 Å². The molecule has 1 heterocycles. The Hall–Kier alpha value is -3.06. The van der Waals surface area contributed by atoms with E-state index in [4.69, 9.17) is 16.4 Å². The number of phenols is 1. The second kappa shape index (κ2) is 9.20. The highest BCUT2D eigenvalue weighted by atomic mass is 35.5. The van der Waals surface area contributed by atoms with Gasteiger partial charge in [-0.2, -0.15) is 0 Å². The average Bonchev–Trinajstić information content (AvgIpc) is 2.79. The lowest BCUT2D eigenvalue weighted by molar-refractivity contribution is -0.0259. The summed E-state index contributed by atoms with van der Waals surface area (Å²) in [4.78, 5) is 36.7. The second-order valence-corrected chi connectivity index (χ2v) is 8.92. The molecule has 170 valence electrons. The van der Waals surface area contributed by atoms with E-state index in [1.165, 1.54) is 30.7 Å². The molecular weight excluding hydrogens is 462 g/mol. The normalized spacial score (nSPS) is 12.8. The van der Waals surface area contributed by atoms with Gasteiger partial charge in [0.2, 0.25) is 0 Å². The first-order valence-corrected chi connectivity index (χ1v) is 11.1. The van der Waals surface area contributed by atoms with Crippen LogP contribution in [0.1, 0.15) is 25.1 Å². The monoisotopic (exact) mass is 481 g/mol. The van der Waals surface area contributed by atoms with Crippen LogP contribution in [0.2, 0.25) is 5.02 Å². The first kappa shape index (κ1) is 23.6. The van der Waals surface area contributed by atoms with E-state index in [9.17, 15) is 23.1 Å². The minimum Gasteiger partial charge on any atom is -0.504 e. The van der Waals surface area contributed by atoms with Crippen molar-refractivity contribution in [3.8, 4) is 5.75 Å². The lowest BCUT2D eigenvalue weighted by Gasteiger charge is -2.22. The van der Waals surface area contributed by atoms with Gasteiger partial charge in [0.1, 0.15) is 16.3 Å². The lowest BCUT2D eigenvalue weighted by Crippen LogP contribution is -2.37. The van der Waals surface area contributed by atoms with Crippen LogP contribution >= 0.6 is 11.6 Å². The highest BCUT2D eigenvalue weighted by Crippen LogP contribution is 2.40. The van der Waals surface area contributed by atoms with Gasteiger partial charge < -0.3 is 15.7 Å². The smallest absolute Gasteiger partial charge is 0.269 e. The number of rotatable bonds is 9. The Bertz CT molecular complexity index is 1310. The minimum absolute atomic E-state index is 0.0136. The van der Waals surface area contributed by atoms with Crippen molar-refractivity contribution < 1.29 is 18.4 Å². The van der Waals surface area contributed by atoms with Crippen LogP contribution < -0.4 is 21.5 Å². The Kier molecular flexibility index (Phi) is 6.79. The Morgan fingerprint density at radius 3 is 2.50 bits per heavy atom. The average molecular weight is 482 g/mol. The van der Waals surface area contributed by atoms with Crippen molar-refractivity contribution in [3.63, 3.8) is 0 Å². The molecule has 3 rings (SSSR count). The van der Waals surface area contributed by atoms with Crippen molar-refractivity contribution in [2.24, 2.45) is 0 Å². The molecule has 0 amide bonds. The number of phenolic OH excluding ortho intramolecular Hbond substituents is 1. The van der Waals surface area contributed by atoms with Crippen molar-refractivity contribution in [2.45, 2.75) is 24.3 Å². The molecule has 0 saturated heterocycles. The topological polar surface area (TPSA) is 151 Å². The summed E-state index contributed by atoms with van der Waals surface area (Å²) in [7, 11) is -2.05. The van der Waals surface area contributed by atoms with Crippen molar-refractivity contribution in [2.75, 3.05) is 24.8 Å². The number of anilines is 3. The van der Waals surface area contributed by atoms with Crippen molar-refractivity contribution >= 4 is 38.7 Å². The van der Waals surface area contributed by atoms with E-state index in [2.05, 4.69) is 20.6 Å². The Morgan fingerprint density at radius 1 is 1.22 bits per heavy atom. The predicted octanol–water partition coefficient (Wildman–Crippen LogP) is 1.92. The molecule has 13 heteroatoms. The molecule has 0 aliphatic rings. The van der Waals surface area contributed by atoms with Crippen LogP contribution in [0.3, 0.4) is 0 Å². The van der Waals surface area contributed by atoms with Crippen LogP contribution in [0, 0.1) is 0 Å². The van der Waals surface area contributed by atoms with Gasteiger partial charge in [-0.25, -0.2) is 8.42 Å². The molecule has 0 aliphatic heterocycles. The van der Waals surface area contributed by atoms with Crippen LogP contribution in [0.15, 0.2) is 45.2 Å². The molecular formula is C19H20ClN5O6S. The number of hydroxylamine groups is 1. The van der Waals surface area contributed by atoms with Gasteiger partial charge in [0, 0.05) is 19.4 Å². The first-order chi connectivity index (χ1) is 15.1. The number of aromatic hydroxyl groups is 1. The molecule has 3 N–H and O–H groups in total. The number of hydrogen-bond donors (Lipinski definition) is 3. The molecule has 11 nitrogen and oxygen atoms in total. The molecule has 0 bridgehead atoms. The van der Waals surface area contributed by atoms with E-state index >= 15 is 0 Å². The lowest BCUT2D eigenvalue weighted by atomic mass is 10.1. The van der Waals surface area contributed by atoms with Crippen LogP contribution in [0.5, 0.6) is 5.75 Å². The number of nitrogens with zero attached hydrogens (tertiary/aromatic N) is 3. The van der Waals surface area contributed by atoms with E-state index in [1.807, 2.05) is 6.92 Å². The molecule has 0 unspecified atom stereocenters. The summed E-state index contributed by atoms with van der Waals surface area (Å²) in [6.07, 6.45) is 5.09. The third-order valence-electron chi connectivity index (χ3n) is 4.77. The minimum atomic E-state index is -4.30. The maximum Gasteiger partial charge on any atom is 0.269 e. The molecule has 2 aromatic carbocycles. The zero-order chi connectivity index (χ0) is 23.6. The molecule has 0 radical (unpaired) electrons. The summed E-state index contributed by atoms with van der Waals surface area (Å²) in [6.45, 7) is 1.86. The molecule has 32 heavy (non-hydrogen) atoms. The number of halogens is 1. The molecule has 0 fully saturated rings. The number of benzene rings is 1. The molecule has 1 atom stereocenters. The van der Waals surface area contributed by atoms with Crippen LogP contribution in [0.4, 0.5) is 17.1 Å². The molecule has 0 spiro atoms. The van der Waals surface area contributed by atoms with E-state index in [0.717, 1.165) is 14.2 Å². The fourth-order valence-corrected chi connectivity index (χ4v) is 4.52. The van der Waals surface area contributed by atoms with Gasteiger partial charge in [0.15, 0.2) is 5.75 Å². The second-order valence-electron chi connectivity index (χ2n) is 6.64. The van der Waals surface area contributed by atoms with Gasteiger partial charge >= 0.3 is 0 Å².